The van der Waals surface area contributed by atoms with Gasteiger partial charge in [0.2, 0.25) is 0 Å². The molecule has 2 aliphatic rings. The van der Waals surface area contributed by atoms with Crippen molar-refractivity contribution in [3.05, 3.63) is 0 Å². The highest BCUT2D eigenvalue weighted by atomic mass is 16.5. The van der Waals surface area contributed by atoms with Crippen molar-refractivity contribution in [3.63, 3.8) is 0 Å². The molecule has 4 heteroatoms. The lowest BCUT2D eigenvalue weighted by Gasteiger charge is -2.49. The van der Waals surface area contributed by atoms with E-state index in [1.807, 2.05) is 0 Å². The van der Waals surface area contributed by atoms with Gasteiger partial charge < -0.3 is 4.74 Å². The molecule has 2 aliphatic heterocycles. The normalized spacial score (nSPS) is 29.8. The summed E-state index contributed by atoms with van der Waals surface area (Å²) in [5, 5.41) is 0. The second-order valence-electron chi connectivity index (χ2n) is 6.37. The van der Waals surface area contributed by atoms with Gasteiger partial charge in [0, 0.05) is 25.2 Å². The van der Waals surface area contributed by atoms with Crippen molar-refractivity contribution in [1.82, 2.24) is 9.80 Å². The second kappa shape index (κ2) is 7.41. The summed E-state index contributed by atoms with van der Waals surface area (Å²) in [5.74, 6) is -0.0467. The van der Waals surface area contributed by atoms with Crippen LogP contribution in [0.5, 0.6) is 0 Å². The van der Waals surface area contributed by atoms with Gasteiger partial charge in [0.25, 0.3) is 0 Å². The van der Waals surface area contributed by atoms with Gasteiger partial charge >= 0.3 is 5.97 Å². The average molecular weight is 282 g/mol. The van der Waals surface area contributed by atoms with E-state index >= 15 is 0 Å². The van der Waals surface area contributed by atoms with Crippen LogP contribution in [0.25, 0.3) is 0 Å². The number of piperidine rings is 1. The Labute approximate surface area is 123 Å². The molecule has 20 heavy (non-hydrogen) atoms. The number of esters is 1. The molecule has 0 saturated carbocycles. The van der Waals surface area contributed by atoms with Gasteiger partial charge in [0.05, 0.1) is 7.11 Å². The lowest BCUT2D eigenvalue weighted by atomic mass is 9.95. The summed E-state index contributed by atoms with van der Waals surface area (Å²) in [6, 6.07) is 1.05. The van der Waals surface area contributed by atoms with Crippen LogP contribution >= 0.6 is 0 Å². The van der Waals surface area contributed by atoms with Crippen molar-refractivity contribution in [3.8, 4) is 0 Å². The molecule has 0 aromatic carbocycles. The fourth-order valence-corrected chi connectivity index (χ4v) is 3.76. The Morgan fingerprint density at radius 1 is 1.35 bits per heavy atom. The van der Waals surface area contributed by atoms with E-state index in [9.17, 15) is 4.79 Å². The molecule has 0 N–H and O–H groups in total. The summed E-state index contributed by atoms with van der Waals surface area (Å²) >= 11 is 0. The minimum absolute atomic E-state index is 0.0426. The second-order valence-corrected chi connectivity index (χ2v) is 6.37. The maximum atomic E-state index is 12.1. The summed E-state index contributed by atoms with van der Waals surface area (Å²) in [6.07, 6.45) is 7.11. The maximum Gasteiger partial charge on any atom is 0.323 e. The minimum atomic E-state index is -0.0467. The van der Waals surface area contributed by atoms with Crippen molar-refractivity contribution >= 4 is 5.97 Å². The van der Waals surface area contributed by atoms with Crippen LogP contribution in [0.2, 0.25) is 0 Å². The van der Waals surface area contributed by atoms with Crippen LogP contribution in [0.4, 0.5) is 0 Å². The van der Waals surface area contributed by atoms with Crippen molar-refractivity contribution < 1.29 is 9.53 Å². The summed E-state index contributed by atoms with van der Waals surface area (Å²) in [6.45, 7) is 7.80. The third-order valence-corrected chi connectivity index (χ3v) is 4.94. The van der Waals surface area contributed by atoms with Gasteiger partial charge in [-0.1, -0.05) is 26.2 Å². The number of carbonyl (C=O) groups excluding carboxylic acids is 1. The van der Waals surface area contributed by atoms with Crippen molar-refractivity contribution in [2.75, 3.05) is 26.7 Å². The predicted molar refractivity (Wildman–Crippen MR) is 80.7 cm³/mol. The Balaban J connectivity index is 2.04. The lowest BCUT2D eigenvalue weighted by molar-refractivity contribution is -0.150. The molecular weight excluding hydrogens is 252 g/mol. The van der Waals surface area contributed by atoms with E-state index < -0.39 is 0 Å². The minimum Gasteiger partial charge on any atom is -0.468 e. The van der Waals surface area contributed by atoms with Crippen LogP contribution in [0.1, 0.15) is 52.4 Å². The number of fused-ring (bicyclic) bond motifs is 1. The fraction of sp³-hybridized carbons (Fsp3) is 0.938. The van der Waals surface area contributed by atoms with E-state index in [-0.39, 0.29) is 12.0 Å². The zero-order chi connectivity index (χ0) is 14.5. The summed E-state index contributed by atoms with van der Waals surface area (Å²) in [5.41, 5.74) is 0. The average Bonchev–Trinajstić information content (AvgIpc) is 2.47. The standard InChI is InChI=1S/C16H30N2O2/c1-4-5-9-15(16(19)20-3)18-12-14-8-6-7-10-17(14)11-13(18)2/h13-15H,4-12H2,1-3H3. The zero-order valence-corrected chi connectivity index (χ0v) is 13.3. The molecule has 0 aromatic rings. The number of hydrogen-bond acceptors (Lipinski definition) is 4. The zero-order valence-electron chi connectivity index (χ0n) is 13.3. The van der Waals surface area contributed by atoms with E-state index in [0.29, 0.717) is 12.1 Å². The number of piperazine rings is 1. The van der Waals surface area contributed by atoms with Gasteiger partial charge in [-0.2, -0.15) is 0 Å². The quantitative estimate of drug-likeness (QED) is 0.724. The number of ether oxygens (including phenoxy) is 1. The van der Waals surface area contributed by atoms with Crippen LogP contribution in [0.3, 0.4) is 0 Å². The molecule has 2 rings (SSSR count). The highest BCUT2D eigenvalue weighted by molar-refractivity contribution is 5.75. The summed E-state index contributed by atoms with van der Waals surface area (Å²) in [7, 11) is 1.52. The Kier molecular flexibility index (Phi) is 5.85. The van der Waals surface area contributed by atoms with Crippen LogP contribution in [-0.4, -0.2) is 60.6 Å². The first-order valence-corrected chi connectivity index (χ1v) is 8.25. The van der Waals surface area contributed by atoms with Crippen molar-refractivity contribution in [2.45, 2.75) is 70.5 Å². The van der Waals surface area contributed by atoms with Crippen molar-refractivity contribution in [1.29, 1.82) is 0 Å². The Hall–Kier alpha value is -0.610. The van der Waals surface area contributed by atoms with Gasteiger partial charge in [0.15, 0.2) is 0 Å². The largest absolute Gasteiger partial charge is 0.468 e. The molecule has 2 heterocycles. The topological polar surface area (TPSA) is 32.8 Å². The fourth-order valence-electron chi connectivity index (χ4n) is 3.76. The molecule has 4 nitrogen and oxygen atoms in total. The lowest BCUT2D eigenvalue weighted by Crippen LogP contribution is -2.62. The van der Waals surface area contributed by atoms with E-state index in [2.05, 4.69) is 23.6 Å². The molecule has 2 saturated heterocycles. The van der Waals surface area contributed by atoms with Gasteiger partial charge in [-0.15, -0.1) is 0 Å². The molecule has 0 spiro atoms. The first kappa shape index (κ1) is 15.8. The molecule has 2 fully saturated rings. The number of rotatable bonds is 5. The van der Waals surface area contributed by atoms with Gasteiger partial charge in [-0.25, -0.2) is 0 Å². The SMILES string of the molecule is CCCCC(C(=O)OC)N1CC2CCCCN2CC1C. The van der Waals surface area contributed by atoms with E-state index in [0.717, 1.165) is 32.4 Å². The van der Waals surface area contributed by atoms with E-state index in [1.165, 1.54) is 32.9 Å². The van der Waals surface area contributed by atoms with Gasteiger partial charge in [0.1, 0.15) is 6.04 Å². The molecule has 0 radical (unpaired) electrons. The van der Waals surface area contributed by atoms with E-state index in [1.54, 1.807) is 0 Å². The Morgan fingerprint density at radius 3 is 2.85 bits per heavy atom. The molecule has 0 aromatic heterocycles. The Bertz CT molecular complexity index is 322. The molecule has 3 atom stereocenters. The molecular formula is C16H30N2O2. The van der Waals surface area contributed by atoms with Crippen LogP contribution in [0, 0.1) is 0 Å². The summed E-state index contributed by atoms with van der Waals surface area (Å²) in [4.78, 5) is 17.2. The van der Waals surface area contributed by atoms with E-state index in [4.69, 9.17) is 4.74 Å². The third kappa shape index (κ3) is 3.53. The highest BCUT2D eigenvalue weighted by Crippen LogP contribution is 2.27. The number of nitrogens with zero attached hydrogens (tertiary/aromatic N) is 2. The van der Waals surface area contributed by atoms with Crippen LogP contribution in [0.15, 0.2) is 0 Å². The highest BCUT2D eigenvalue weighted by Gasteiger charge is 2.38. The Morgan fingerprint density at radius 2 is 2.15 bits per heavy atom. The van der Waals surface area contributed by atoms with Crippen LogP contribution < -0.4 is 0 Å². The van der Waals surface area contributed by atoms with Crippen molar-refractivity contribution in [2.24, 2.45) is 0 Å². The monoisotopic (exact) mass is 282 g/mol. The number of methoxy groups -OCH3 is 1. The third-order valence-electron chi connectivity index (χ3n) is 4.94. The number of unbranched alkanes of at least 4 members (excludes halogenated alkanes) is 1. The van der Waals surface area contributed by atoms with Crippen LogP contribution in [-0.2, 0) is 9.53 Å². The predicted octanol–water partition coefficient (Wildman–Crippen LogP) is 2.28. The van der Waals surface area contributed by atoms with Gasteiger partial charge in [-0.05, 0) is 32.7 Å². The maximum absolute atomic E-state index is 12.1. The molecule has 3 unspecified atom stereocenters. The smallest absolute Gasteiger partial charge is 0.323 e. The summed E-state index contributed by atoms with van der Waals surface area (Å²) < 4.78 is 5.05. The molecule has 0 amide bonds. The number of hydrogen-bond donors (Lipinski definition) is 0. The first-order chi connectivity index (χ1) is 9.67. The number of carbonyl (C=O) groups is 1. The van der Waals surface area contributed by atoms with Gasteiger partial charge in [-0.3, -0.25) is 14.6 Å². The molecule has 0 aliphatic carbocycles. The first-order valence-electron chi connectivity index (χ1n) is 8.25. The molecule has 116 valence electrons. The molecule has 0 bridgehead atoms.